The fourth-order valence-corrected chi connectivity index (χ4v) is 2.35. The highest BCUT2D eigenvalue weighted by Crippen LogP contribution is 2.20. The maximum absolute atomic E-state index is 13.6. The molecule has 0 aliphatic heterocycles. The first kappa shape index (κ1) is 13.4. The normalized spacial score (nSPS) is 10.3. The van der Waals surface area contributed by atoms with Crippen molar-refractivity contribution in [3.8, 4) is 0 Å². The zero-order valence-corrected chi connectivity index (χ0v) is 11.1. The van der Waals surface area contributed by atoms with Crippen LogP contribution < -0.4 is 16.2 Å². The average molecular weight is 280 g/mol. The number of aromatic nitrogens is 1. The fourth-order valence-electron chi connectivity index (χ4n) is 1.64. The highest BCUT2D eigenvalue weighted by atomic mass is 32.1. The van der Waals surface area contributed by atoms with Gasteiger partial charge >= 0.3 is 0 Å². The third kappa shape index (κ3) is 3.07. The van der Waals surface area contributed by atoms with E-state index in [0.29, 0.717) is 22.9 Å². The third-order valence-corrected chi connectivity index (χ3v) is 3.43. The molecule has 0 saturated heterocycles. The number of nitrogen functional groups attached to an aromatic ring is 1. The Labute approximate surface area is 113 Å². The van der Waals surface area contributed by atoms with E-state index in [1.807, 2.05) is 5.43 Å². The molecule has 100 valence electrons. The number of nitrogens with one attached hydrogen (secondary N) is 1. The quantitative estimate of drug-likeness (QED) is 0.506. The number of hydrogen-bond acceptors (Lipinski definition) is 5. The zero-order chi connectivity index (χ0) is 13.8. The monoisotopic (exact) mass is 280 g/mol. The molecule has 1 amide bonds. The Kier molecular flexibility index (Phi) is 4.08. The predicted molar refractivity (Wildman–Crippen MR) is 72.3 cm³/mol. The number of halogens is 1. The number of nitrogens with zero attached hydrogens (tertiary/aromatic N) is 2. The first-order valence-corrected chi connectivity index (χ1v) is 6.41. The van der Waals surface area contributed by atoms with Crippen molar-refractivity contribution in [1.29, 1.82) is 0 Å². The standard InChI is InChI=1S/C12H13FN4OS/c1-17(10-5-3-2-4-9(10)13)6-8-7-19-12(15-8)11(18)16-14/h2-5,7H,6,14H2,1H3,(H,16,18). The summed E-state index contributed by atoms with van der Waals surface area (Å²) in [4.78, 5) is 17.1. The highest BCUT2D eigenvalue weighted by Gasteiger charge is 2.12. The molecule has 1 aromatic carbocycles. The molecule has 5 nitrogen and oxygen atoms in total. The Morgan fingerprint density at radius 1 is 1.53 bits per heavy atom. The Bertz CT molecular complexity index is 587. The van der Waals surface area contributed by atoms with Crippen molar-refractivity contribution in [3.05, 3.63) is 46.2 Å². The van der Waals surface area contributed by atoms with Gasteiger partial charge in [-0.05, 0) is 12.1 Å². The predicted octanol–water partition coefficient (Wildman–Crippen LogP) is 1.52. The topological polar surface area (TPSA) is 71.2 Å². The number of para-hydroxylation sites is 1. The first-order valence-electron chi connectivity index (χ1n) is 5.53. The van der Waals surface area contributed by atoms with Gasteiger partial charge in [-0.15, -0.1) is 11.3 Å². The van der Waals surface area contributed by atoms with Gasteiger partial charge in [0.15, 0.2) is 5.01 Å². The minimum Gasteiger partial charge on any atom is -0.366 e. The Morgan fingerprint density at radius 2 is 2.26 bits per heavy atom. The molecule has 3 N–H and O–H groups in total. The van der Waals surface area contributed by atoms with Crippen LogP contribution in [0, 0.1) is 5.82 Å². The highest BCUT2D eigenvalue weighted by molar-refractivity contribution is 7.11. The summed E-state index contributed by atoms with van der Waals surface area (Å²) >= 11 is 1.20. The molecule has 1 heterocycles. The van der Waals surface area contributed by atoms with Crippen molar-refractivity contribution >= 4 is 22.9 Å². The molecule has 2 aromatic rings. The smallest absolute Gasteiger partial charge is 0.294 e. The van der Waals surface area contributed by atoms with Gasteiger partial charge in [0.25, 0.3) is 5.91 Å². The number of carbonyl (C=O) groups is 1. The fraction of sp³-hybridized carbons (Fsp3) is 0.167. The van der Waals surface area contributed by atoms with Gasteiger partial charge in [0, 0.05) is 12.4 Å². The molecule has 0 spiro atoms. The Balaban J connectivity index is 2.11. The van der Waals surface area contributed by atoms with Crippen LogP contribution in [0.3, 0.4) is 0 Å². The summed E-state index contributed by atoms with van der Waals surface area (Å²) in [5.41, 5.74) is 3.20. The number of amides is 1. The molecular formula is C12H13FN4OS. The van der Waals surface area contributed by atoms with E-state index in [9.17, 15) is 9.18 Å². The molecule has 0 aliphatic rings. The molecule has 2 rings (SSSR count). The van der Waals surface area contributed by atoms with E-state index in [0.717, 1.165) is 0 Å². The average Bonchev–Trinajstić information content (AvgIpc) is 2.86. The molecule has 0 atom stereocenters. The first-order chi connectivity index (χ1) is 9.11. The minimum atomic E-state index is -0.426. The molecule has 19 heavy (non-hydrogen) atoms. The molecule has 0 aliphatic carbocycles. The molecule has 1 aromatic heterocycles. The zero-order valence-electron chi connectivity index (χ0n) is 10.3. The Hall–Kier alpha value is -1.99. The molecule has 7 heteroatoms. The number of hydrogen-bond donors (Lipinski definition) is 2. The van der Waals surface area contributed by atoms with Crippen LogP contribution in [-0.4, -0.2) is 17.9 Å². The van der Waals surface area contributed by atoms with Crippen LogP contribution in [-0.2, 0) is 6.54 Å². The van der Waals surface area contributed by atoms with E-state index < -0.39 is 5.91 Å². The molecule has 0 fully saturated rings. The summed E-state index contributed by atoms with van der Waals surface area (Å²) in [7, 11) is 1.76. The second-order valence-corrected chi connectivity index (χ2v) is 4.78. The second-order valence-electron chi connectivity index (χ2n) is 3.92. The number of hydrazine groups is 1. The van der Waals surface area contributed by atoms with E-state index in [1.54, 1.807) is 35.5 Å². The van der Waals surface area contributed by atoms with Crippen LogP contribution in [0.1, 0.15) is 15.5 Å². The number of anilines is 1. The summed E-state index contributed by atoms with van der Waals surface area (Å²) < 4.78 is 13.6. The van der Waals surface area contributed by atoms with Crippen molar-refractivity contribution in [2.45, 2.75) is 6.54 Å². The van der Waals surface area contributed by atoms with Crippen LogP contribution in [0.4, 0.5) is 10.1 Å². The van der Waals surface area contributed by atoms with Gasteiger partial charge in [-0.25, -0.2) is 15.2 Å². The summed E-state index contributed by atoms with van der Waals surface area (Å²) in [6, 6.07) is 6.50. The van der Waals surface area contributed by atoms with Gasteiger partial charge in [-0.1, -0.05) is 12.1 Å². The van der Waals surface area contributed by atoms with Crippen LogP contribution in [0.2, 0.25) is 0 Å². The number of nitrogens with two attached hydrogens (primary N) is 1. The maximum Gasteiger partial charge on any atom is 0.294 e. The minimum absolute atomic E-state index is 0.291. The summed E-state index contributed by atoms with van der Waals surface area (Å²) in [5.74, 6) is 4.31. The van der Waals surface area contributed by atoms with Gasteiger partial charge in [0.2, 0.25) is 0 Å². The SMILES string of the molecule is CN(Cc1csc(C(=O)NN)n1)c1ccccc1F. The number of rotatable bonds is 4. The second kappa shape index (κ2) is 5.77. The van der Waals surface area contributed by atoms with Gasteiger partial charge in [0.1, 0.15) is 5.82 Å². The summed E-state index contributed by atoms with van der Waals surface area (Å²) in [6.45, 7) is 0.412. The van der Waals surface area contributed by atoms with Crippen molar-refractivity contribution in [3.63, 3.8) is 0 Å². The van der Waals surface area contributed by atoms with Crippen molar-refractivity contribution in [2.24, 2.45) is 5.84 Å². The third-order valence-electron chi connectivity index (χ3n) is 2.54. The number of thiazole rings is 1. The van der Waals surface area contributed by atoms with E-state index in [1.165, 1.54) is 17.4 Å². The lowest BCUT2D eigenvalue weighted by Crippen LogP contribution is -2.30. The lowest BCUT2D eigenvalue weighted by molar-refractivity contribution is 0.0953. The van der Waals surface area contributed by atoms with Crippen molar-refractivity contribution < 1.29 is 9.18 Å². The van der Waals surface area contributed by atoms with Gasteiger partial charge in [0.05, 0.1) is 17.9 Å². The number of carbonyl (C=O) groups excluding carboxylic acids is 1. The van der Waals surface area contributed by atoms with Crippen LogP contribution in [0.15, 0.2) is 29.6 Å². The van der Waals surface area contributed by atoms with E-state index in [4.69, 9.17) is 5.84 Å². The van der Waals surface area contributed by atoms with E-state index in [-0.39, 0.29) is 5.82 Å². The molecule has 0 saturated carbocycles. The maximum atomic E-state index is 13.6. The Morgan fingerprint density at radius 3 is 2.95 bits per heavy atom. The lowest BCUT2D eigenvalue weighted by Gasteiger charge is -2.18. The molecule has 0 radical (unpaired) electrons. The van der Waals surface area contributed by atoms with Gasteiger partial charge in [-0.3, -0.25) is 10.2 Å². The van der Waals surface area contributed by atoms with Crippen LogP contribution in [0.5, 0.6) is 0 Å². The summed E-state index contributed by atoms with van der Waals surface area (Å²) in [5, 5.41) is 2.04. The number of benzene rings is 1. The van der Waals surface area contributed by atoms with Crippen LogP contribution >= 0.6 is 11.3 Å². The van der Waals surface area contributed by atoms with Crippen molar-refractivity contribution in [1.82, 2.24) is 10.4 Å². The van der Waals surface area contributed by atoms with E-state index in [2.05, 4.69) is 4.98 Å². The largest absolute Gasteiger partial charge is 0.366 e. The van der Waals surface area contributed by atoms with Crippen molar-refractivity contribution in [2.75, 3.05) is 11.9 Å². The lowest BCUT2D eigenvalue weighted by atomic mass is 10.3. The van der Waals surface area contributed by atoms with E-state index >= 15 is 0 Å². The van der Waals surface area contributed by atoms with Gasteiger partial charge in [-0.2, -0.15) is 0 Å². The van der Waals surface area contributed by atoms with Crippen LogP contribution in [0.25, 0.3) is 0 Å². The molecular weight excluding hydrogens is 267 g/mol. The van der Waals surface area contributed by atoms with Gasteiger partial charge < -0.3 is 4.90 Å². The summed E-state index contributed by atoms with van der Waals surface area (Å²) in [6.07, 6.45) is 0. The molecule has 0 bridgehead atoms. The molecule has 0 unspecified atom stereocenters.